The maximum Gasteiger partial charge on any atom is 0.274 e. The standard InChI is InChI=1S/C13H10BrCl2F2N3O/c1-6-2-7(15)3-8(14)12(6)19-13(22)9-4-10(16)20-21(9)5-11(17)18/h2-4,11H,5H2,1H3,(H,19,22). The molecule has 1 heterocycles. The van der Waals surface area contributed by atoms with Crippen LogP contribution in [0.5, 0.6) is 0 Å². The van der Waals surface area contributed by atoms with Gasteiger partial charge in [-0.1, -0.05) is 23.2 Å². The number of benzene rings is 1. The summed E-state index contributed by atoms with van der Waals surface area (Å²) in [7, 11) is 0. The normalized spacial score (nSPS) is 11.0. The molecule has 22 heavy (non-hydrogen) atoms. The van der Waals surface area contributed by atoms with Gasteiger partial charge in [0.1, 0.15) is 12.2 Å². The molecule has 0 radical (unpaired) electrons. The minimum Gasteiger partial charge on any atom is -0.319 e. The SMILES string of the molecule is Cc1cc(Cl)cc(Br)c1NC(=O)c1cc(Cl)nn1CC(F)F. The van der Waals surface area contributed by atoms with Crippen LogP contribution in [-0.2, 0) is 6.54 Å². The molecule has 1 N–H and O–H groups in total. The number of carbonyl (C=O) groups excluding carboxylic acids is 1. The number of amides is 1. The van der Waals surface area contributed by atoms with E-state index in [1.807, 2.05) is 0 Å². The topological polar surface area (TPSA) is 46.9 Å². The van der Waals surface area contributed by atoms with Crippen LogP contribution < -0.4 is 5.32 Å². The Bertz CT molecular complexity index is 698. The molecule has 0 aliphatic rings. The van der Waals surface area contributed by atoms with Crippen molar-refractivity contribution in [2.24, 2.45) is 0 Å². The van der Waals surface area contributed by atoms with E-state index in [4.69, 9.17) is 23.2 Å². The molecule has 0 bridgehead atoms. The number of hydrogen-bond donors (Lipinski definition) is 1. The molecule has 1 amide bonds. The lowest BCUT2D eigenvalue weighted by atomic mass is 10.2. The molecule has 2 rings (SSSR count). The molecule has 0 unspecified atom stereocenters. The molecule has 4 nitrogen and oxygen atoms in total. The lowest BCUT2D eigenvalue weighted by molar-refractivity contribution is 0.0989. The summed E-state index contributed by atoms with van der Waals surface area (Å²) in [6.45, 7) is 1.05. The van der Waals surface area contributed by atoms with E-state index in [0.717, 1.165) is 10.2 Å². The van der Waals surface area contributed by atoms with Crippen LogP contribution in [0.25, 0.3) is 0 Å². The maximum absolute atomic E-state index is 12.5. The molecule has 118 valence electrons. The van der Waals surface area contributed by atoms with Crippen LogP contribution in [0.3, 0.4) is 0 Å². The van der Waals surface area contributed by atoms with Crippen molar-refractivity contribution in [3.63, 3.8) is 0 Å². The molecule has 0 spiro atoms. The number of aryl methyl sites for hydroxylation is 1. The fraction of sp³-hybridized carbons (Fsp3) is 0.231. The van der Waals surface area contributed by atoms with Gasteiger partial charge in [0.25, 0.3) is 12.3 Å². The molecular weight excluding hydrogens is 403 g/mol. The van der Waals surface area contributed by atoms with Crippen LogP contribution in [0, 0.1) is 6.92 Å². The minimum absolute atomic E-state index is 0.0299. The van der Waals surface area contributed by atoms with Gasteiger partial charge in [-0.05, 0) is 40.5 Å². The molecule has 0 fully saturated rings. The van der Waals surface area contributed by atoms with Gasteiger partial charge in [0.2, 0.25) is 0 Å². The van der Waals surface area contributed by atoms with Gasteiger partial charge in [0.15, 0.2) is 5.15 Å². The number of carbonyl (C=O) groups is 1. The Morgan fingerprint density at radius 2 is 2.09 bits per heavy atom. The van der Waals surface area contributed by atoms with Crippen molar-refractivity contribution in [3.05, 3.63) is 44.1 Å². The molecule has 0 aliphatic carbocycles. The molecule has 9 heteroatoms. The number of aromatic nitrogens is 2. The van der Waals surface area contributed by atoms with Crippen molar-refractivity contribution in [1.29, 1.82) is 0 Å². The largest absolute Gasteiger partial charge is 0.319 e. The van der Waals surface area contributed by atoms with E-state index in [0.29, 0.717) is 15.2 Å². The van der Waals surface area contributed by atoms with Gasteiger partial charge in [-0.15, -0.1) is 0 Å². The number of halogens is 5. The van der Waals surface area contributed by atoms with Crippen LogP contribution in [0.1, 0.15) is 16.1 Å². The molecule has 0 aliphatic heterocycles. The molecule has 0 atom stereocenters. The van der Waals surface area contributed by atoms with Crippen LogP contribution in [0.2, 0.25) is 10.2 Å². The van der Waals surface area contributed by atoms with Crippen molar-refractivity contribution < 1.29 is 13.6 Å². The smallest absolute Gasteiger partial charge is 0.274 e. The van der Waals surface area contributed by atoms with Gasteiger partial charge >= 0.3 is 0 Å². The van der Waals surface area contributed by atoms with E-state index in [2.05, 4.69) is 26.3 Å². The lowest BCUT2D eigenvalue weighted by Crippen LogP contribution is -2.20. The lowest BCUT2D eigenvalue weighted by Gasteiger charge is -2.12. The summed E-state index contributed by atoms with van der Waals surface area (Å²) in [4.78, 5) is 12.3. The summed E-state index contributed by atoms with van der Waals surface area (Å²) in [5.74, 6) is -0.592. The summed E-state index contributed by atoms with van der Waals surface area (Å²) < 4.78 is 26.5. The number of anilines is 1. The van der Waals surface area contributed by atoms with E-state index in [1.54, 1.807) is 19.1 Å². The first-order chi connectivity index (χ1) is 10.3. The fourth-order valence-corrected chi connectivity index (χ4v) is 3.13. The van der Waals surface area contributed by atoms with E-state index in [9.17, 15) is 13.6 Å². The second-order valence-corrected chi connectivity index (χ2v) is 6.14. The Labute approximate surface area is 143 Å². The van der Waals surface area contributed by atoms with Crippen molar-refractivity contribution in [2.75, 3.05) is 5.32 Å². The first-order valence-corrected chi connectivity index (χ1v) is 7.61. The van der Waals surface area contributed by atoms with Gasteiger partial charge in [0.05, 0.1) is 5.69 Å². The zero-order chi connectivity index (χ0) is 16.4. The highest BCUT2D eigenvalue weighted by atomic mass is 79.9. The van der Waals surface area contributed by atoms with Gasteiger partial charge in [-0.3, -0.25) is 9.48 Å². The quantitative estimate of drug-likeness (QED) is 0.785. The van der Waals surface area contributed by atoms with E-state index < -0.39 is 18.9 Å². The van der Waals surface area contributed by atoms with Gasteiger partial charge in [-0.25, -0.2) is 8.78 Å². The highest BCUT2D eigenvalue weighted by molar-refractivity contribution is 9.10. The molecular formula is C13H10BrCl2F2N3O. The third kappa shape index (κ3) is 3.97. The third-order valence-corrected chi connectivity index (χ3v) is 3.81. The van der Waals surface area contributed by atoms with Gasteiger partial charge in [-0.2, -0.15) is 5.10 Å². The van der Waals surface area contributed by atoms with Crippen LogP contribution in [-0.4, -0.2) is 22.1 Å². The fourth-order valence-electron chi connectivity index (χ4n) is 1.88. The second-order valence-electron chi connectivity index (χ2n) is 4.46. The zero-order valence-corrected chi connectivity index (χ0v) is 14.3. The number of hydrogen-bond acceptors (Lipinski definition) is 2. The average Bonchev–Trinajstić information content (AvgIpc) is 2.73. The van der Waals surface area contributed by atoms with Crippen molar-refractivity contribution in [2.45, 2.75) is 19.9 Å². The number of rotatable bonds is 4. The number of nitrogens with zero attached hydrogens (tertiary/aromatic N) is 2. The molecule has 0 saturated carbocycles. The Hall–Kier alpha value is -1.18. The van der Waals surface area contributed by atoms with Gasteiger partial charge in [0, 0.05) is 15.6 Å². The Kier molecular flexibility index (Phi) is 5.41. The number of nitrogens with one attached hydrogen (secondary N) is 1. The summed E-state index contributed by atoms with van der Waals surface area (Å²) >= 11 is 14.9. The summed E-state index contributed by atoms with van der Waals surface area (Å²) in [6.07, 6.45) is -2.65. The monoisotopic (exact) mass is 411 g/mol. The Morgan fingerprint density at radius 3 is 2.68 bits per heavy atom. The predicted octanol–water partition coefficient (Wildman–Crippen LogP) is 4.78. The molecule has 0 saturated heterocycles. The van der Waals surface area contributed by atoms with Crippen LogP contribution in [0.4, 0.5) is 14.5 Å². The first kappa shape index (κ1) is 17.2. The molecule has 1 aromatic carbocycles. The Morgan fingerprint density at radius 1 is 1.41 bits per heavy atom. The summed E-state index contributed by atoms with van der Waals surface area (Å²) in [5.41, 5.74) is 1.17. The van der Waals surface area contributed by atoms with Crippen molar-refractivity contribution in [3.8, 4) is 0 Å². The Balaban J connectivity index is 2.30. The van der Waals surface area contributed by atoms with E-state index in [1.165, 1.54) is 6.07 Å². The van der Waals surface area contributed by atoms with Crippen LogP contribution in [0.15, 0.2) is 22.7 Å². The first-order valence-electron chi connectivity index (χ1n) is 6.06. The maximum atomic E-state index is 12.5. The van der Waals surface area contributed by atoms with Crippen LogP contribution >= 0.6 is 39.1 Å². The van der Waals surface area contributed by atoms with Crippen molar-refractivity contribution in [1.82, 2.24) is 9.78 Å². The van der Waals surface area contributed by atoms with E-state index in [-0.39, 0.29) is 10.8 Å². The molecule has 2 aromatic rings. The molecule has 1 aromatic heterocycles. The average molecular weight is 413 g/mol. The highest BCUT2D eigenvalue weighted by Crippen LogP contribution is 2.30. The highest BCUT2D eigenvalue weighted by Gasteiger charge is 2.19. The number of alkyl halides is 2. The summed E-state index contributed by atoms with van der Waals surface area (Å²) in [6, 6.07) is 4.53. The van der Waals surface area contributed by atoms with Gasteiger partial charge < -0.3 is 5.32 Å². The summed E-state index contributed by atoms with van der Waals surface area (Å²) in [5, 5.41) is 6.80. The third-order valence-electron chi connectivity index (χ3n) is 2.78. The van der Waals surface area contributed by atoms with Crippen molar-refractivity contribution >= 4 is 50.7 Å². The zero-order valence-electron chi connectivity index (χ0n) is 11.2. The second kappa shape index (κ2) is 6.93. The predicted molar refractivity (Wildman–Crippen MR) is 85.1 cm³/mol. The minimum atomic E-state index is -2.65. The van der Waals surface area contributed by atoms with E-state index >= 15 is 0 Å².